The maximum absolute atomic E-state index is 12.1. The van der Waals surface area contributed by atoms with Crippen molar-refractivity contribution in [3.05, 3.63) is 77.9 Å². The average molecular weight is 348 g/mol. The fourth-order valence-corrected chi connectivity index (χ4v) is 3.11. The van der Waals surface area contributed by atoms with Gasteiger partial charge in [0.2, 0.25) is 11.6 Å². The van der Waals surface area contributed by atoms with Crippen molar-refractivity contribution in [2.45, 2.75) is 51.4 Å². The summed E-state index contributed by atoms with van der Waals surface area (Å²) >= 11 is 0. The summed E-state index contributed by atoms with van der Waals surface area (Å²) in [5.41, 5.74) is 2.26. The molecule has 0 aliphatic carbocycles. The van der Waals surface area contributed by atoms with Crippen molar-refractivity contribution < 1.29 is 9.59 Å². The number of unbranched alkanes of at least 4 members (excludes halogenated alkanes) is 1. The highest BCUT2D eigenvalue weighted by molar-refractivity contribution is 6.42. The third-order valence-electron chi connectivity index (χ3n) is 4.64. The van der Waals surface area contributed by atoms with Crippen LogP contribution >= 0.6 is 0 Å². The first kappa shape index (κ1) is 19.8. The lowest BCUT2D eigenvalue weighted by Gasteiger charge is -2.16. The van der Waals surface area contributed by atoms with Gasteiger partial charge in [-0.2, -0.15) is 0 Å². The van der Waals surface area contributed by atoms with Crippen LogP contribution < -0.4 is 0 Å². The first-order chi connectivity index (χ1) is 12.7. The largest absolute Gasteiger partial charge is 0.291 e. The third kappa shape index (κ3) is 6.79. The number of carbonyl (C=O) groups is 2. The summed E-state index contributed by atoms with van der Waals surface area (Å²) in [6.07, 6.45) is 8.62. The number of hydrogen-bond donors (Lipinski definition) is 0. The minimum atomic E-state index is -0.404. The van der Waals surface area contributed by atoms with E-state index >= 15 is 0 Å². The van der Waals surface area contributed by atoms with Gasteiger partial charge in [0, 0.05) is 6.42 Å². The van der Waals surface area contributed by atoms with Crippen molar-refractivity contribution in [1.29, 1.82) is 0 Å². The summed E-state index contributed by atoms with van der Waals surface area (Å²) in [5, 5.41) is 0. The summed E-state index contributed by atoms with van der Waals surface area (Å²) in [6.45, 7) is 2.20. The van der Waals surface area contributed by atoms with E-state index in [1.807, 2.05) is 36.4 Å². The molecular weight excluding hydrogens is 320 g/mol. The molecular formula is C24H28O2. The molecule has 2 nitrogen and oxygen atoms in total. The van der Waals surface area contributed by atoms with Crippen LogP contribution in [0.1, 0.15) is 62.5 Å². The molecule has 0 amide bonds. The van der Waals surface area contributed by atoms with Gasteiger partial charge < -0.3 is 0 Å². The van der Waals surface area contributed by atoms with Crippen LogP contribution in [0, 0.1) is 0 Å². The van der Waals surface area contributed by atoms with Gasteiger partial charge in [-0.15, -0.1) is 0 Å². The van der Waals surface area contributed by atoms with Gasteiger partial charge in [0.1, 0.15) is 0 Å². The Hall–Kier alpha value is -2.48. The number of Topliss-reactive ketones (excluding diaryl/α,β-unsaturated/α-hetero) is 1. The van der Waals surface area contributed by atoms with Gasteiger partial charge in [0.25, 0.3) is 0 Å². The topological polar surface area (TPSA) is 34.1 Å². The third-order valence-corrected chi connectivity index (χ3v) is 4.64. The zero-order valence-corrected chi connectivity index (χ0v) is 15.6. The highest BCUT2D eigenvalue weighted by Crippen LogP contribution is 2.27. The second-order valence-electron chi connectivity index (χ2n) is 6.67. The molecule has 0 radical (unpaired) electrons. The van der Waals surface area contributed by atoms with E-state index in [4.69, 9.17) is 0 Å². The summed E-state index contributed by atoms with van der Waals surface area (Å²) in [7, 11) is 0. The molecule has 0 saturated carbocycles. The van der Waals surface area contributed by atoms with Crippen LogP contribution in [0.15, 0.2) is 66.7 Å². The van der Waals surface area contributed by atoms with Crippen LogP contribution in [0.4, 0.5) is 0 Å². The molecule has 0 bridgehead atoms. The minimum absolute atomic E-state index is 0.292. The summed E-state index contributed by atoms with van der Waals surface area (Å²) in [4.78, 5) is 24.1. The molecule has 0 aromatic heterocycles. The van der Waals surface area contributed by atoms with E-state index in [1.165, 1.54) is 24.5 Å². The van der Waals surface area contributed by atoms with E-state index in [1.54, 1.807) is 6.08 Å². The lowest BCUT2D eigenvalue weighted by molar-refractivity contribution is -0.133. The molecule has 0 heterocycles. The zero-order valence-electron chi connectivity index (χ0n) is 15.6. The Kier molecular flexibility index (Phi) is 8.54. The van der Waals surface area contributed by atoms with E-state index in [0.29, 0.717) is 12.3 Å². The Bertz CT molecular complexity index is 702. The summed E-state index contributed by atoms with van der Waals surface area (Å²) in [5.74, 6) is -0.225. The lowest BCUT2D eigenvalue weighted by Crippen LogP contribution is -2.11. The molecule has 0 aliphatic rings. The molecule has 0 fully saturated rings. The van der Waals surface area contributed by atoms with Gasteiger partial charge in [-0.3, -0.25) is 9.59 Å². The second-order valence-corrected chi connectivity index (χ2v) is 6.67. The van der Waals surface area contributed by atoms with Crippen molar-refractivity contribution in [2.24, 2.45) is 0 Å². The maximum atomic E-state index is 12.1. The summed E-state index contributed by atoms with van der Waals surface area (Å²) < 4.78 is 0. The van der Waals surface area contributed by atoms with Crippen LogP contribution in [0.3, 0.4) is 0 Å². The molecule has 136 valence electrons. The van der Waals surface area contributed by atoms with Crippen molar-refractivity contribution >= 4 is 17.6 Å². The Morgan fingerprint density at radius 3 is 2.15 bits per heavy atom. The quantitative estimate of drug-likeness (QED) is 0.369. The highest BCUT2D eigenvalue weighted by Gasteiger charge is 2.14. The first-order valence-corrected chi connectivity index (χ1v) is 9.56. The van der Waals surface area contributed by atoms with Gasteiger partial charge in [-0.05, 0) is 42.4 Å². The van der Waals surface area contributed by atoms with Crippen LogP contribution in [-0.2, 0) is 9.59 Å². The zero-order chi connectivity index (χ0) is 18.6. The highest BCUT2D eigenvalue weighted by atomic mass is 16.2. The lowest BCUT2D eigenvalue weighted by atomic mass is 9.88. The van der Waals surface area contributed by atoms with Crippen molar-refractivity contribution in [2.75, 3.05) is 0 Å². The minimum Gasteiger partial charge on any atom is -0.291 e. The van der Waals surface area contributed by atoms with Crippen LogP contribution in [0.25, 0.3) is 6.08 Å². The Morgan fingerprint density at radius 2 is 1.50 bits per heavy atom. The molecule has 2 rings (SSSR count). The molecule has 0 N–H and O–H groups in total. The van der Waals surface area contributed by atoms with E-state index in [-0.39, 0.29) is 5.78 Å². The van der Waals surface area contributed by atoms with E-state index < -0.39 is 5.78 Å². The number of hydrogen-bond acceptors (Lipinski definition) is 2. The van der Waals surface area contributed by atoms with Gasteiger partial charge in [-0.25, -0.2) is 0 Å². The Labute approximate surface area is 157 Å². The number of rotatable bonds is 11. The van der Waals surface area contributed by atoms with Gasteiger partial charge in [0.15, 0.2) is 0 Å². The molecule has 0 aliphatic heterocycles. The number of benzene rings is 2. The summed E-state index contributed by atoms with van der Waals surface area (Å²) in [6, 6.07) is 20.0. The van der Waals surface area contributed by atoms with Crippen LogP contribution in [-0.4, -0.2) is 11.6 Å². The smallest absolute Gasteiger partial charge is 0.221 e. The monoisotopic (exact) mass is 348 g/mol. The molecule has 1 atom stereocenters. The number of allylic oxidation sites excluding steroid dienone is 1. The molecule has 2 aromatic carbocycles. The van der Waals surface area contributed by atoms with E-state index in [2.05, 4.69) is 31.2 Å². The molecule has 2 heteroatoms. The predicted molar refractivity (Wildman–Crippen MR) is 108 cm³/mol. The number of carbonyl (C=O) groups excluding carboxylic acids is 2. The molecule has 2 aromatic rings. The van der Waals surface area contributed by atoms with Gasteiger partial charge in [-0.1, -0.05) is 86.5 Å². The van der Waals surface area contributed by atoms with Crippen molar-refractivity contribution in [3.63, 3.8) is 0 Å². The fraction of sp³-hybridized carbons (Fsp3) is 0.333. The first-order valence-electron chi connectivity index (χ1n) is 9.56. The van der Waals surface area contributed by atoms with E-state index in [0.717, 1.165) is 24.8 Å². The predicted octanol–water partition coefficient (Wildman–Crippen LogP) is 5.98. The average Bonchev–Trinajstić information content (AvgIpc) is 2.70. The SMILES string of the molecule is CCCCC(CCCC(=O)C(=O)/C=C/c1ccccc1)c1ccccc1. The van der Waals surface area contributed by atoms with Crippen molar-refractivity contribution in [3.8, 4) is 0 Å². The maximum Gasteiger partial charge on any atom is 0.221 e. The molecule has 0 saturated heterocycles. The normalized spacial score (nSPS) is 12.2. The Balaban J connectivity index is 1.83. The second kappa shape index (κ2) is 11.2. The molecule has 1 unspecified atom stereocenters. The van der Waals surface area contributed by atoms with Crippen LogP contribution in [0.2, 0.25) is 0 Å². The molecule has 0 spiro atoms. The fourth-order valence-electron chi connectivity index (χ4n) is 3.11. The Morgan fingerprint density at radius 1 is 0.885 bits per heavy atom. The van der Waals surface area contributed by atoms with Gasteiger partial charge in [0.05, 0.1) is 0 Å². The van der Waals surface area contributed by atoms with Gasteiger partial charge >= 0.3 is 0 Å². The molecule has 26 heavy (non-hydrogen) atoms. The van der Waals surface area contributed by atoms with Crippen LogP contribution in [0.5, 0.6) is 0 Å². The standard InChI is InChI=1S/C24H28O2/c1-2-3-13-21(22-14-8-5-9-15-22)16-10-17-23(25)24(26)19-18-20-11-6-4-7-12-20/h4-9,11-12,14-15,18-19,21H,2-3,10,13,16-17H2,1H3/b19-18+. The van der Waals surface area contributed by atoms with E-state index in [9.17, 15) is 9.59 Å². The van der Waals surface area contributed by atoms with Crippen molar-refractivity contribution in [1.82, 2.24) is 0 Å². The number of ketones is 2.